The second-order valence-corrected chi connectivity index (χ2v) is 7.64. The lowest BCUT2D eigenvalue weighted by Gasteiger charge is -2.23. The first-order valence-electron chi connectivity index (χ1n) is 9.95. The van der Waals surface area contributed by atoms with Gasteiger partial charge in [-0.1, -0.05) is 11.6 Å². The molecule has 5 rings (SSSR count). The van der Waals surface area contributed by atoms with Crippen LogP contribution in [0.5, 0.6) is 17.5 Å². The fourth-order valence-corrected chi connectivity index (χ4v) is 3.66. The smallest absolute Gasteiger partial charge is 0.324 e. The topological polar surface area (TPSA) is 82.1 Å². The molecule has 2 aromatic carbocycles. The summed E-state index contributed by atoms with van der Waals surface area (Å²) in [5.74, 6) is -1.07. The molecule has 1 aliphatic rings. The molecule has 7 nitrogen and oxygen atoms in total. The van der Waals surface area contributed by atoms with Crippen LogP contribution in [0.25, 0.3) is 22.3 Å². The van der Waals surface area contributed by atoms with Crippen LogP contribution in [0.15, 0.2) is 42.6 Å². The van der Waals surface area contributed by atoms with Gasteiger partial charge in [-0.05, 0) is 30.3 Å². The van der Waals surface area contributed by atoms with Crippen LogP contribution >= 0.6 is 11.6 Å². The molecule has 1 saturated heterocycles. The van der Waals surface area contributed by atoms with Gasteiger partial charge in [-0.2, -0.15) is 10.1 Å². The minimum Gasteiger partial charge on any atom is -0.490 e. The van der Waals surface area contributed by atoms with E-state index in [0.717, 1.165) is 25.0 Å². The van der Waals surface area contributed by atoms with Crippen LogP contribution in [0, 0.1) is 11.6 Å². The Hall–Kier alpha value is -3.30. The Bertz CT molecular complexity index is 1280. The van der Waals surface area contributed by atoms with E-state index in [2.05, 4.69) is 20.2 Å². The number of rotatable bonds is 5. The molecule has 0 bridgehead atoms. The van der Waals surface area contributed by atoms with E-state index in [1.165, 1.54) is 12.3 Å². The summed E-state index contributed by atoms with van der Waals surface area (Å²) in [5, 5.41) is 8.23. The zero-order chi connectivity index (χ0) is 22.1. The molecule has 2 aromatic heterocycles. The highest BCUT2D eigenvalue weighted by Gasteiger charge is 2.19. The lowest BCUT2D eigenvalue weighted by atomic mass is 10.1. The number of halogens is 3. The summed E-state index contributed by atoms with van der Waals surface area (Å²) in [7, 11) is 0. The Kier molecular flexibility index (Phi) is 5.59. The molecule has 1 aliphatic heterocycles. The molecule has 3 heterocycles. The second-order valence-electron chi connectivity index (χ2n) is 7.24. The van der Waals surface area contributed by atoms with Gasteiger partial charge in [0.2, 0.25) is 0 Å². The monoisotopic (exact) mass is 458 g/mol. The Morgan fingerprint density at radius 1 is 1.09 bits per heavy atom. The van der Waals surface area contributed by atoms with Gasteiger partial charge in [0.25, 0.3) is 0 Å². The molecule has 1 fully saturated rings. The van der Waals surface area contributed by atoms with Gasteiger partial charge in [-0.15, -0.1) is 0 Å². The van der Waals surface area contributed by atoms with Crippen LogP contribution in [0.4, 0.5) is 8.78 Å². The molecule has 0 aliphatic carbocycles. The van der Waals surface area contributed by atoms with Gasteiger partial charge in [0.1, 0.15) is 23.4 Å². The second kappa shape index (κ2) is 8.68. The van der Waals surface area contributed by atoms with Crippen molar-refractivity contribution in [1.29, 1.82) is 0 Å². The van der Waals surface area contributed by atoms with E-state index in [4.69, 9.17) is 25.8 Å². The third-order valence-corrected chi connectivity index (χ3v) is 5.38. The predicted molar refractivity (Wildman–Crippen MR) is 113 cm³/mol. The van der Waals surface area contributed by atoms with E-state index in [9.17, 15) is 8.78 Å². The fourth-order valence-electron chi connectivity index (χ4n) is 3.45. The average molecular weight is 459 g/mol. The van der Waals surface area contributed by atoms with Crippen LogP contribution in [0.2, 0.25) is 5.02 Å². The molecular formula is C22H17ClF2N4O3. The van der Waals surface area contributed by atoms with E-state index in [-0.39, 0.29) is 17.9 Å². The van der Waals surface area contributed by atoms with Crippen LogP contribution in [0.1, 0.15) is 12.8 Å². The van der Waals surface area contributed by atoms with Crippen molar-refractivity contribution in [2.24, 2.45) is 0 Å². The predicted octanol–water partition coefficient (Wildman–Crippen LogP) is 5.30. The normalized spacial score (nSPS) is 14.6. The summed E-state index contributed by atoms with van der Waals surface area (Å²) in [6.45, 7) is 1.36. The maximum Gasteiger partial charge on any atom is 0.324 e. The molecule has 10 heteroatoms. The zero-order valence-electron chi connectivity index (χ0n) is 16.6. The first-order valence-corrected chi connectivity index (χ1v) is 10.3. The Balaban J connectivity index is 1.43. The first-order chi connectivity index (χ1) is 15.6. The maximum atomic E-state index is 13.9. The standard InChI is InChI=1S/C22H17ClF2N4O3/c23-17-3-2-14(31-13-5-7-30-8-6-13)10-15(17)20-16-11-26-22(27-21(16)29-28-20)32-19-4-1-12(24)9-18(19)25/h1-4,9-11,13H,5-8H2,(H,26,27,28,29). The molecule has 0 atom stereocenters. The number of fused-ring (bicyclic) bond motifs is 1. The summed E-state index contributed by atoms with van der Waals surface area (Å²) in [6, 6.07) is 8.26. The number of aromatic amines is 1. The van der Waals surface area contributed by atoms with Gasteiger partial charge in [0, 0.05) is 30.7 Å². The Morgan fingerprint density at radius 3 is 2.75 bits per heavy atom. The van der Waals surface area contributed by atoms with Crippen LogP contribution in [-0.2, 0) is 4.74 Å². The molecule has 0 unspecified atom stereocenters. The van der Waals surface area contributed by atoms with Gasteiger partial charge < -0.3 is 14.2 Å². The first kappa shape index (κ1) is 20.6. The summed E-state index contributed by atoms with van der Waals surface area (Å²) in [5.41, 5.74) is 1.57. The maximum absolute atomic E-state index is 13.9. The third kappa shape index (κ3) is 4.21. The quantitative estimate of drug-likeness (QED) is 0.437. The SMILES string of the molecule is Fc1ccc(Oc2ncc3c(-c4cc(OC5CCOCC5)ccc4Cl)n[nH]c3n2)c(F)c1. The lowest BCUT2D eigenvalue weighted by molar-refractivity contribution is 0.0256. The number of nitrogens with zero attached hydrogens (tertiary/aromatic N) is 3. The zero-order valence-corrected chi connectivity index (χ0v) is 17.4. The van der Waals surface area contributed by atoms with Crippen LogP contribution in [-0.4, -0.2) is 39.5 Å². The van der Waals surface area contributed by atoms with Crippen molar-refractivity contribution in [3.8, 4) is 28.8 Å². The van der Waals surface area contributed by atoms with Crippen molar-refractivity contribution in [2.75, 3.05) is 13.2 Å². The van der Waals surface area contributed by atoms with E-state index >= 15 is 0 Å². The number of hydrogen-bond donors (Lipinski definition) is 1. The lowest BCUT2D eigenvalue weighted by Crippen LogP contribution is -2.25. The van der Waals surface area contributed by atoms with Gasteiger partial charge in [0.05, 0.1) is 23.6 Å². The van der Waals surface area contributed by atoms with Crippen LogP contribution in [0.3, 0.4) is 0 Å². The third-order valence-electron chi connectivity index (χ3n) is 5.05. The van der Waals surface area contributed by atoms with E-state index in [1.54, 1.807) is 6.07 Å². The molecule has 0 saturated carbocycles. The van der Waals surface area contributed by atoms with Crippen molar-refractivity contribution < 1.29 is 23.0 Å². The fraction of sp³-hybridized carbons (Fsp3) is 0.227. The highest BCUT2D eigenvalue weighted by Crippen LogP contribution is 2.35. The molecule has 32 heavy (non-hydrogen) atoms. The summed E-state index contributed by atoms with van der Waals surface area (Å²) in [4.78, 5) is 8.35. The molecule has 4 aromatic rings. The van der Waals surface area contributed by atoms with E-state index in [0.29, 0.717) is 46.3 Å². The Morgan fingerprint density at radius 2 is 1.94 bits per heavy atom. The number of H-pyrrole nitrogens is 1. The van der Waals surface area contributed by atoms with Crippen LogP contribution < -0.4 is 9.47 Å². The average Bonchev–Trinajstić information content (AvgIpc) is 3.21. The minimum atomic E-state index is -0.855. The van der Waals surface area contributed by atoms with Crippen molar-refractivity contribution >= 4 is 22.6 Å². The van der Waals surface area contributed by atoms with Gasteiger partial charge in [0.15, 0.2) is 17.2 Å². The Labute approximate surface area is 186 Å². The van der Waals surface area contributed by atoms with E-state index < -0.39 is 11.6 Å². The molecule has 1 N–H and O–H groups in total. The number of nitrogens with one attached hydrogen (secondary N) is 1. The number of ether oxygens (including phenoxy) is 3. The van der Waals surface area contributed by atoms with Gasteiger partial charge in [-0.3, -0.25) is 5.10 Å². The highest BCUT2D eigenvalue weighted by molar-refractivity contribution is 6.33. The number of aromatic nitrogens is 4. The van der Waals surface area contributed by atoms with E-state index in [1.807, 2.05) is 12.1 Å². The van der Waals surface area contributed by atoms with Gasteiger partial charge in [-0.25, -0.2) is 13.8 Å². The summed E-state index contributed by atoms with van der Waals surface area (Å²) in [6.07, 6.45) is 3.24. The largest absolute Gasteiger partial charge is 0.490 e. The van der Waals surface area contributed by atoms with Gasteiger partial charge >= 0.3 is 6.01 Å². The molecule has 0 radical (unpaired) electrons. The summed E-state index contributed by atoms with van der Waals surface area (Å²) >= 11 is 6.43. The molecule has 0 spiro atoms. The number of benzene rings is 2. The van der Waals surface area contributed by atoms with Crippen molar-refractivity contribution in [1.82, 2.24) is 20.2 Å². The molecule has 164 valence electrons. The molecule has 0 amide bonds. The van der Waals surface area contributed by atoms with Crippen molar-refractivity contribution in [3.05, 3.63) is 59.3 Å². The van der Waals surface area contributed by atoms with Crippen molar-refractivity contribution in [2.45, 2.75) is 18.9 Å². The summed E-state index contributed by atoms with van der Waals surface area (Å²) < 4.78 is 43.7. The molecular weight excluding hydrogens is 442 g/mol. The highest BCUT2D eigenvalue weighted by atomic mass is 35.5. The minimum absolute atomic E-state index is 0.0867. The number of hydrogen-bond acceptors (Lipinski definition) is 6. The van der Waals surface area contributed by atoms with Crippen molar-refractivity contribution in [3.63, 3.8) is 0 Å².